The molecule has 0 spiro atoms. The molecular weight excluding hydrogens is 235 g/mol. The van der Waals surface area contributed by atoms with Gasteiger partial charge in [0.15, 0.2) is 0 Å². The Bertz CT molecular complexity index is 453. The molecule has 1 atom stereocenters. The van der Waals surface area contributed by atoms with Crippen LogP contribution in [0.25, 0.3) is 0 Å². The van der Waals surface area contributed by atoms with Crippen molar-refractivity contribution in [3.05, 3.63) is 58.0 Å². The standard InChI is InChI=1S/C14H15FOS/c15-13-8-2-1-7-12(13)14(16)9-3-5-11-6-4-10-17-11/h1-2,4,6-8,10,14,16H,3,5,9H2. The van der Waals surface area contributed by atoms with Crippen LogP contribution in [0.1, 0.15) is 29.4 Å². The fourth-order valence-corrected chi connectivity index (χ4v) is 2.58. The summed E-state index contributed by atoms with van der Waals surface area (Å²) in [5.74, 6) is -0.323. The number of halogens is 1. The summed E-state index contributed by atoms with van der Waals surface area (Å²) in [6.45, 7) is 0. The molecule has 1 heterocycles. The van der Waals surface area contributed by atoms with Gasteiger partial charge < -0.3 is 5.11 Å². The van der Waals surface area contributed by atoms with Crippen LogP contribution in [0.2, 0.25) is 0 Å². The van der Waals surface area contributed by atoms with Crippen molar-refractivity contribution in [2.75, 3.05) is 0 Å². The third kappa shape index (κ3) is 3.38. The Morgan fingerprint density at radius 3 is 2.71 bits per heavy atom. The molecule has 0 saturated carbocycles. The summed E-state index contributed by atoms with van der Waals surface area (Å²) in [6.07, 6.45) is 1.72. The number of hydrogen-bond acceptors (Lipinski definition) is 2. The molecule has 1 aromatic heterocycles. The minimum atomic E-state index is -0.698. The fraction of sp³-hybridized carbons (Fsp3) is 0.286. The molecule has 2 aromatic rings. The van der Waals surface area contributed by atoms with Gasteiger partial charge in [-0.25, -0.2) is 4.39 Å². The Morgan fingerprint density at radius 1 is 1.18 bits per heavy atom. The van der Waals surface area contributed by atoms with Gasteiger partial charge in [0.05, 0.1) is 6.10 Å². The largest absolute Gasteiger partial charge is 0.388 e. The predicted molar refractivity (Wildman–Crippen MR) is 68.6 cm³/mol. The van der Waals surface area contributed by atoms with Crippen molar-refractivity contribution >= 4 is 11.3 Å². The van der Waals surface area contributed by atoms with Crippen LogP contribution in [0.5, 0.6) is 0 Å². The Labute approximate surface area is 105 Å². The molecule has 3 heteroatoms. The molecule has 0 fully saturated rings. The van der Waals surface area contributed by atoms with Crippen molar-refractivity contribution in [3.8, 4) is 0 Å². The highest BCUT2D eigenvalue weighted by Crippen LogP contribution is 2.22. The van der Waals surface area contributed by atoms with E-state index in [-0.39, 0.29) is 5.82 Å². The van der Waals surface area contributed by atoms with E-state index in [0.717, 1.165) is 12.8 Å². The zero-order valence-electron chi connectivity index (χ0n) is 9.47. The molecule has 90 valence electrons. The van der Waals surface area contributed by atoms with E-state index in [1.807, 2.05) is 11.4 Å². The van der Waals surface area contributed by atoms with Crippen LogP contribution in [-0.2, 0) is 6.42 Å². The molecule has 2 rings (SSSR count). The first kappa shape index (κ1) is 12.3. The smallest absolute Gasteiger partial charge is 0.128 e. The summed E-state index contributed by atoms with van der Waals surface area (Å²) >= 11 is 1.72. The van der Waals surface area contributed by atoms with E-state index in [4.69, 9.17) is 0 Å². The van der Waals surface area contributed by atoms with Crippen LogP contribution in [-0.4, -0.2) is 5.11 Å². The second-order valence-electron chi connectivity index (χ2n) is 4.01. The second-order valence-corrected chi connectivity index (χ2v) is 5.04. The zero-order chi connectivity index (χ0) is 12.1. The maximum Gasteiger partial charge on any atom is 0.128 e. The van der Waals surface area contributed by atoms with Crippen molar-refractivity contribution in [2.24, 2.45) is 0 Å². The van der Waals surface area contributed by atoms with E-state index in [0.29, 0.717) is 12.0 Å². The molecule has 1 nitrogen and oxygen atoms in total. The Morgan fingerprint density at radius 2 is 2.00 bits per heavy atom. The van der Waals surface area contributed by atoms with Crippen LogP contribution >= 0.6 is 11.3 Å². The average Bonchev–Trinajstić information content (AvgIpc) is 2.82. The highest BCUT2D eigenvalue weighted by Gasteiger charge is 2.11. The third-order valence-electron chi connectivity index (χ3n) is 2.75. The van der Waals surface area contributed by atoms with E-state index >= 15 is 0 Å². The van der Waals surface area contributed by atoms with Gasteiger partial charge in [0.1, 0.15) is 5.82 Å². The van der Waals surface area contributed by atoms with Gasteiger partial charge >= 0.3 is 0 Å². The van der Waals surface area contributed by atoms with Gasteiger partial charge in [-0.3, -0.25) is 0 Å². The summed E-state index contributed by atoms with van der Waals surface area (Å²) in [6, 6.07) is 10.5. The van der Waals surface area contributed by atoms with E-state index in [1.165, 1.54) is 10.9 Å². The van der Waals surface area contributed by atoms with Crippen molar-refractivity contribution in [1.29, 1.82) is 0 Å². The van der Waals surface area contributed by atoms with Gasteiger partial charge in [-0.2, -0.15) is 0 Å². The predicted octanol–water partition coefficient (Wildman–Crippen LogP) is 3.94. The number of aliphatic hydroxyl groups excluding tert-OH is 1. The summed E-state index contributed by atoms with van der Waals surface area (Å²) in [5.41, 5.74) is 0.402. The molecule has 1 aromatic carbocycles. The Kier molecular flexibility index (Phi) is 4.29. The van der Waals surface area contributed by atoms with Crippen LogP contribution in [0.3, 0.4) is 0 Å². The lowest BCUT2D eigenvalue weighted by Crippen LogP contribution is -2.01. The van der Waals surface area contributed by atoms with Crippen molar-refractivity contribution in [3.63, 3.8) is 0 Å². The van der Waals surface area contributed by atoms with Crippen LogP contribution < -0.4 is 0 Å². The molecule has 1 unspecified atom stereocenters. The summed E-state index contributed by atoms with van der Waals surface area (Å²) < 4.78 is 13.4. The van der Waals surface area contributed by atoms with E-state index in [1.54, 1.807) is 29.5 Å². The number of hydrogen-bond donors (Lipinski definition) is 1. The first-order valence-electron chi connectivity index (χ1n) is 5.72. The van der Waals surface area contributed by atoms with Crippen LogP contribution in [0.15, 0.2) is 41.8 Å². The maximum atomic E-state index is 13.4. The molecule has 0 aliphatic heterocycles. The lowest BCUT2D eigenvalue weighted by molar-refractivity contribution is 0.160. The monoisotopic (exact) mass is 250 g/mol. The van der Waals surface area contributed by atoms with Gasteiger partial charge in [-0.05, 0) is 36.8 Å². The van der Waals surface area contributed by atoms with E-state index < -0.39 is 6.10 Å². The first-order chi connectivity index (χ1) is 8.27. The molecule has 0 bridgehead atoms. The Balaban J connectivity index is 1.85. The molecular formula is C14H15FOS. The summed E-state index contributed by atoms with van der Waals surface area (Å²) in [4.78, 5) is 1.31. The van der Waals surface area contributed by atoms with Gasteiger partial charge in [0.25, 0.3) is 0 Å². The second kappa shape index (κ2) is 5.94. The fourth-order valence-electron chi connectivity index (χ4n) is 1.83. The number of benzene rings is 1. The minimum Gasteiger partial charge on any atom is -0.388 e. The summed E-state index contributed by atoms with van der Waals surface area (Å²) in [7, 11) is 0. The van der Waals surface area contributed by atoms with Gasteiger partial charge in [-0.1, -0.05) is 24.3 Å². The van der Waals surface area contributed by atoms with Crippen LogP contribution in [0, 0.1) is 5.82 Å². The molecule has 17 heavy (non-hydrogen) atoms. The zero-order valence-corrected chi connectivity index (χ0v) is 10.3. The van der Waals surface area contributed by atoms with E-state index in [9.17, 15) is 9.50 Å². The molecule has 0 aliphatic rings. The molecule has 0 saturated heterocycles. The normalized spacial score (nSPS) is 12.6. The summed E-state index contributed by atoms with van der Waals surface area (Å²) in [5, 5.41) is 11.9. The lowest BCUT2D eigenvalue weighted by Gasteiger charge is -2.11. The number of thiophene rings is 1. The Hall–Kier alpha value is -1.19. The maximum absolute atomic E-state index is 13.4. The third-order valence-corrected chi connectivity index (χ3v) is 3.68. The molecule has 0 radical (unpaired) electrons. The van der Waals surface area contributed by atoms with Crippen LogP contribution in [0.4, 0.5) is 4.39 Å². The van der Waals surface area contributed by atoms with Gasteiger partial charge in [0, 0.05) is 10.4 Å². The van der Waals surface area contributed by atoms with Crippen molar-refractivity contribution < 1.29 is 9.50 Å². The quantitative estimate of drug-likeness (QED) is 0.852. The number of aliphatic hydroxyl groups is 1. The molecule has 1 N–H and O–H groups in total. The highest BCUT2D eigenvalue weighted by atomic mass is 32.1. The van der Waals surface area contributed by atoms with E-state index in [2.05, 4.69) is 6.07 Å². The first-order valence-corrected chi connectivity index (χ1v) is 6.60. The number of rotatable bonds is 5. The average molecular weight is 250 g/mol. The van der Waals surface area contributed by atoms with Crippen molar-refractivity contribution in [1.82, 2.24) is 0 Å². The lowest BCUT2D eigenvalue weighted by atomic mass is 10.0. The molecule has 0 amide bonds. The number of aryl methyl sites for hydroxylation is 1. The SMILES string of the molecule is OC(CCCc1cccs1)c1ccccc1F. The minimum absolute atomic E-state index is 0.323. The topological polar surface area (TPSA) is 20.2 Å². The van der Waals surface area contributed by atoms with Gasteiger partial charge in [0.2, 0.25) is 0 Å². The highest BCUT2D eigenvalue weighted by molar-refractivity contribution is 7.09. The van der Waals surface area contributed by atoms with Crippen molar-refractivity contribution in [2.45, 2.75) is 25.4 Å². The van der Waals surface area contributed by atoms with Gasteiger partial charge in [-0.15, -0.1) is 11.3 Å². The molecule has 0 aliphatic carbocycles.